The van der Waals surface area contributed by atoms with E-state index < -0.39 is 0 Å². The largest absolute Gasteiger partial charge is 0.461 e. The summed E-state index contributed by atoms with van der Waals surface area (Å²) in [5, 5.41) is 13.7. The molecule has 0 amide bonds. The first-order valence-corrected chi connectivity index (χ1v) is 6.65. The van der Waals surface area contributed by atoms with Crippen LogP contribution in [-0.2, 0) is 0 Å². The van der Waals surface area contributed by atoms with Crippen molar-refractivity contribution < 1.29 is 4.42 Å². The zero-order valence-electron chi connectivity index (χ0n) is 10.4. The van der Waals surface area contributed by atoms with E-state index in [1.54, 1.807) is 17.6 Å². The second kappa shape index (κ2) is 5.42. The van der Waals surface area contributed by atoms with E-state index in [1.165, 1.54) is 0 Å². The summed E-state index contributed by atoms with van der Waals surface area (Å²) < 4.78 is 5.41. The van der Waals surface area contributed by atoms with E-state index in [0.717, 1.165) is 34.3 Å². The summed E-state index contributed by atoms with van der Waals surface area (Å²) in [4.78, 5) is 0. The van der Waals surface area contributed by atoms with Gasteiger partial charge in [0, 0.05) is 0 Å². The quantitative estimate of drug-likeness (QED) is 0.886. The lowest BCUT2D eigenvalue weighted by atomic mass is 10.3. The highest BCUT2D eigenvalue weighted by atomic mass is 32.1. The van der Waals surface area contributed by atoms with Crippen LogP contribution in [0, 0.1) is 6.92 Å². The highest BCUT2D eigenvalue weighted by molar-refractivity contribution is 7.14. The predicted octanol–water partition coefficient (Wildman–Crippen LogP) is 3.17. The maximum atomic E-state index is 5.41. The van der Waals surface area contributed by atoms with Gasteiger partial charge in [0.1, 0.15) is 5.01 Å². The number of nitrogens with one attached hydrogen (secondary N) is 1. The van der Waals surface area contributed by atoms with Crippen molar-refractivity contribution in [3.05, 3.63) is 22.9 Å². The average Bonchev–Trinajstić information content (AvgIpc) is 2.93. The van der Waals surface area contributed by atoms with E-state index >= 15 is 0 Å². The fourth-order valence-electron chi connectivity index (χ4n) is 1.54. The van der Waals surface area contributed by atoms with Gasteiger partial charge >= 0.3 is 0 Å². The fourth-order valence-corrected chi connectivity index (χ4v) is 2.46. The van der Waals surface area contributed by atoms with Crippen LogP contribution in [0.15, 0.2) is 16.7 Å². The molecule has 4 nitrogen and oxygen atoms in total. The van der Waals surface area contributed by atoms with Gasteiger partial charge < -0.3 is 9.73 Å². The van der Waals surface area contributed by atoms with Gasteiger partial charge in [-0.05, 0) is 38.4 Å². The first-order valence-electron chi connectivity index (χ1n) is 5.83. The molecule has 2 aromatic heterocycles. The van der Waals surface area contributed by atoms with Crippen molar-refractivity contribution in [1.29, 1.82) is 0 Å². The molecule has 0 aromatic carbocycles. The molecule has 2 rings (SSSR count). The lowest BCUT2D eigenvalue weighted by Crippen LogP contribution is -2.18. The second-order valence-corrected chi connectivity index (χ2v) is 5.06. The van der Waals surface area contributed by atoms with E-state index in [2.05, 4.69) is 29.4 Å². The van der Waals surface area contributed by atoms with E-state index in [0.29, 0.717) is 0 Å². The van der Waals surface area contributed by atoms with Gasteiger partial charge in [0.15, 0.2) is 10.8 Å². The fraction of sp³-hybridized carbons (Fsp3) is 0.500. The highest BCUT2D eigenvalue weighted by Gasteiger charge is 2.15. The molecule has 1 atom stereocenters. The molecule has 2 heterocycles. The Morgan fingerprint density at radius 2 is 2.29 bits per heavy atom. The van der Waals surface area contributed by atoms with Crippen LogP contribution in [0.5, 0.6) is 0 Å². The third kappa shape index (κ3) is 2.73. The monoisotopic (exact) mass is 251 g/mol. The number of furan rings is 1. The third-order valence-corrected chi connectivity index (χ3v) is 3.67. The molecule has 0 bridgehead atoms. The van der Waals surface area contributed by atoms with E-state index in [4.69, 9.17) is 4.42 Å². The maximum Gasteiger partial charge on any atom is 0.183 e. The van der Waals surface area contributed by atoms with Crippen LogP contribution in [0.4, 0.5) is 0 Å². The summed E-state index contributed by atoms with van der Waals surface area (Å²) in [5.41, 5.74) is 1.10. The van der Waals surface area contributed by atoms with Gasteiger partial charge in [-0.1, -0.05) is 18.3 Å². The Morgan fingerprint density at radius 1 is 1.47 bits per heavy atom. The van der Waals surface area contributed by atoms with Gasteiger partial charge in [-0.3, -0.25) is 0 Å². The topological polar surface area (TPSA) is 51.0 Å². The zero-order valence-corrected chi connectivity index (χ0v) is 11.2. The lowest BCUT2D eigenvalue weighted by molar-refractivity contribution is 0.563. The summed E-state index contributed by atoms with van der Waals surface area (Å²) in [5.74, 6) is 0.830. The van der Waals surface area contributed by atoms with Crippen LogP contribution in [0.25, 0.3) is 10.8 Å². The van der Waals surface area contributed by atoms with Crippen LogP contribution in [0.1, 0.15) is 36.9 Å². The molecule has 2 aromatic rings. The third-order valence-electron chi connectivity index (χ3n) is 2.57. The number of aromatic nitrogens is 2. The van der Waals surface area contributed by atoms with Crippen molar-refractivity contribution in [2.75, 3.05) is 6.54 Å². The molecule has 0 saturated heterocycles. The summed E-state index contributed by atoms with van der Waals surface area (Å²) in [7, 11) is 0. The van der Waals surface area contributed by atoms with E-state index in [9.17, 15) is 0 Å². The number of hydrogen-bond acceptors (Lipinski definition) is 5. The van der Waals surface area contributed by atoms with E-state index in [-0.39, 0.29) is 6.04 Å². The molecule has 0 aliphatic carbocycles. The van der Waals surface area contributed by atoms with Crippen LogP contribution in [0.3, 0.4) is 0 Å². The van der Waals surface area contributed by atoms with Crippen LogP contribution in [-0.4, -0.2) is 16.7 Å². The second-order valence-electron chi connectivity index (χ2n) is 4.05. The molecule has 0 saturated carbocycles. The minimum Gasteiger partial charge on any atom is -0.461 e. The summed E-state index contributed by atoms with van der Waals surface area (Å²) in [6.07, 6.45) is 2.80. The zero-order chi connectivity index (χ0) is 12.3. The number of aryl methyl sites for hydroxylation is 1. The number of nitrogens with zero attached hydrogens (tertiary/aromatic N) is 2. The van der Waals surface area contributed by atoms with E-state index in [1.807, 2.05) is 13.0 Å². The van der Waals surface area contributed by atoms with Crippen molar-refractivity contribution >= 4 is 11.3 Å². The van der Waals surface area contributed by atoms with Crippen molar-refractivity contribution in [2.45, 2.75) is 33.2 Å². The minimum atomic E-state index is 0.247. The Labute approximate surface area is 105 Å². The molecule has 0 aliphatic heterocycles. The van der Waals surface area contributed by atoms with Gasteiger partial charge in [0.05, 0.1) is 12.3 Å². The molecule has 5 heteroatoms. The van der Waals surface area contributed by atoms with Crippen molar-refractivity contribution in [3.63, 3.8) is 0 Å². The summed E-state index contributed by atoms with van der Waals surface area (Å²) in [6, 6.07) is 2.19. The van der Waals surface area contributed by atoms with Crippen molar-refractivity contribution in [3.8, 4) is 10.8 Å². The lowest BCUT2D eigenvalue weighted by Gasteiger charge is -2.08. The molecule has 17 heavy (non-hydrogen) atoms. The molecule has 0 radical (unpaired) electrons. The normalized spacial score (nSPS) is 12.9. The number of hydrogen-bond donors (Lipinski definition) is 1. The Balaban J connectivity index is 2.13. The van der Waals surface area contributed by atoms with Crippen LogP contribution < -0.4 is 5.32 Å². The van der Waals surface area contributed by atoms with Gasteiger partial charge in [-0.2, -0.15) is 0 Å². The Kier molecular flexibility index (Phi) is 3.91. The standard InChI is InChI=1S/C12H17N3OS/c1-4-6-13-9(3)11-14-15-12(17-11)10-8(2)5-7-16-10/h5,7,9,13H,4,6H2,1-3H3. The van der Waals surface area contributed by atoms with Crippen molar-refractivity contribution in [2.24, 2.45) is 0 Å². The highest BCUT2D eigenvalue weighted by Crippen LogP contribution is 2.29. The predicted molar refractivity (Wildman–Crippen MR) is 69.1 cm³/mol. The minimum absolute atomic E-state index is 0.247. The molecule has 0 aliphatic rings. The molecule has 0 spiro atoms. The van der Waals surface area contributed by atoms with Crippen LogP contribution >= 0.6 is 11.3 Å². The maximum absolute atomic E-state index is 5.41. The van der Waals surface area contributed by atoms with Gasteiger partial charge in [0.2, 0.25) is 0 Å². The van der Waals surface area contributed by atoms with Crippen molar-refractivity contribution in [1.82, 2.24) is 15.5 Å². The Morgan fingerprint density at radius 3 is 2.94 bits per heavy atom. The molecule has 1 unspecified atom stereocenters. The average molecular weight is 251 g/mol. The first kappa shape index (κ1) is 12.3. The molecule has 92 valence electrons. The SMILES string of the molecule is CCCNC(C)c1nnc(-c2occc2C)s1. The Hall–Kier alpha value is -1.20. The van der Waals surface area contributed by atoms with Crippen LogP contribution in [0.2, 0.25) is 0 Å². The van der Waals surface area contributed by atoms with Gasteiger partial charge in [-0.25, -0.2) is 0 Å². The smallest absolute Gasteiger partial charge is 0.183 e. The Bertz CT molecular complexity index is 478. The molecular weight excluding hydrogens is 234 g/mol. The summed E-state index contributed by atoms with van der Waals surface area (Å²) in [6.45, 7) is 7.26. The molecule has 0 fully saturated rings. The van der Waals surface area contributed by atoms with Gasteiger partial charge in [-0.15, -0.1) is 10.2 Å². The molecular formula is C12H17N3OS. The summed E-state index contributed by atoms with van der Waals surface area (Å²) >= 11 is 1.58. The molecule has 1 N–H and O–H groups in total. The first-order chi connectivity index (χ1) is 8.22. The number of rotatable bonds is 5. The van der Waals surface area contributed by atoms with Gasteiger partial charge in [0.25, 0.3) is 0 Å².